The number of halogens is 1. The van der Waals surface area contributed by atoms with Gasteiger partial charge < -0.3 is 10.1 Å². The maximum absolute atomic E-state index is 5.68. The number of benzene rings is 1. The lowest BCUT2D eigenvalue weighted by Crippen LogP contribution is -2.02. The number of ether oxygens (including phenoxy) is 1. The molecule has 1 aromatic heterocycles. The number of nitrogens with one attached hydrogen (secondary N) is 1. The maximum atomic E-state index is 5.68. The Balaban J connectivity index is 1.84. The fourth-order valence-corrected chi connectivity index (χ4v) is 2.61. The summed E-state index contributed by atoms with van der Waals surface area (Å²) < 4.78 is 10.7. The number of anilines is 1. The Morgan fingerprint density at radius 2 is 2.26 bits per heavy atom. The van der Waals surface area contributed by atoms with E-state index in [9.17, 15) is 0 Å². The third-order valence-corrected chi connectivity index (χ3v) is 3.71. The number of nitrogens with zero attached hydrogens (tertiary/aromatic N) is 2. The topological polar surface area (TPSA) is 47.0 Å². The zero-order valence-corrected chi connectivity index (χ0v) is 13.1. The second-order valence-corrected chi connectivity index (χ2v) is 5.77. The minimum Gasteiger partial charge on any atom is -0.374 e. The Hall–Kier alpha value is -0.980. The van der Waals surface area contributed by atoms with Crippen LogP contribution in [0.1, 0.15) is 24.6 Å². The van der Waals surface area contributed by atoms with Gasteiger partial charge in [0.15, 0.2) is 0 Å². The van der Waals surface area contributed by atoms with Gasteiger partial charge in [0, 0.05) is 22.5 Å². The first-order valence-corrected chi connectivity index (χ1v) is 7.73. The molecule has 102 valence electrons. The molecule has 0 saturated carbocycles. The van der Waals surface area contributed by atoms with Crippen LogP contribution < -0.4 is 5.32 Å². The predicted molar refractivity (Wildman–Crippen MR) is 81.3 cm³/mol. The van der Waals surface area contributed by atoms with Crippen molar-refractivity contribution < 1.29 is 4.74 Å². The molecule has 4 nitrogen and oxygen atoms in total. The lowest BCUT2D eigenvalue weighted by Gasteiger charge is -2.05. The zero-order valence-electron chi connectivity index (χ0n) is 10.7. The van der Waals surface area contributed by atoms with E-state index in [4.69, 9.17) is 4.74 Å². The van der Waals surface area contributed by atoms with Crippen molar-refractivity contribution in [1.82, 2.24) is 9.59 Å². The Bertz CT molecular complexity index is 518. The maximum Gasteiger partial charge on any atom is 0.135 e. The molecule has 0 aliphatic rings. The molecule has 0 atom stereocenters. The molecule has 0 aliphatic carbocycles. The van der Waals surface area contributed by atoms with E-state index in [2.05, 4.69) is 43.8 Å². The van der Waals surface area contributed by atoms with Crippen molar-refractivity contribution in [2.45, 2.75) is 26.6 Å². The first-order chi connectivity index (χ1) is 9.29. The Morgan fingerprint density at radius 3 is 3.05 bits per heavy atom. The van der Waals surface area contributed by atoms with E-state index in [-0.39, 0.29) is 0 Å². The van der Waals surface area contributed by atoms with Crippen molar-refractivity contribution in [3.63, 3.8) is 0 Å². The molecule has 0 spiro atoms. The molecule has 0 radical (unpaired) electrons. The SMILES string of the molecule is CCCNc1snnc1COCc1cccc(Br)c1. The van der Waals surface area contributed by atoms with Crippen LogP contribution in [0, 0.1) is 0 Å². The third-order valence-electron chi connectivity index (χ3n) is 2.49. The second-order valence-electron chi connectivity index (χ2n) is 4.10. The molecular formula is C13H16BrN3OS. The summed E-state index contributed by atoms with van der Waals surface area (Å²) in [5.74, 6) is 0. The molecule has 0 fully saturated rings. The minimum atomic E-state index is 0.481. The number of rotatable bonds is 7. The average Bonchev–Trinajstić information content (AvgIpc) is 2.84. The first kappa shape index (κ1) is 14.4. The van der Waals surface area contributed by atoms with Crippen LogP contribution in [0.4, 0.5) is 5.00 Å². The molecule has 0 amide bonds. The smallest absolute Gasteiger partial charge is 0.135 e. The van der Waals surface area contributed by atoms with Crippen molar-refractivity contribution in [3.05, 3.63) is 40.0 Å². The van der Waals surface area contributed by atoms with E-state index < -0.39 is 0 Å². The summed E-state index contributed by atoms with van der Waals surface area (Å²) in [6.07, 6.45) is 1.08. The van der Waals surface area contributed by atoms with E-state index in [1.165, 1.54) is 11.5 Å². The van der Waals surface area contributed by atoms with Gasteiger partial charge in [0.05, 0.1) is 13.2 Å². The van der Waals surface area contributed by atoms with E-state index in [0.29, 0.717) is 13.2 Å². The van der Waals surface area contributed by atoms with Gasteiger partial charge in [0.25, 0.3) is 0 Å². The Kier molecular flexibility index (Phi) is 5.75. The van der Waals surface area contributed by atoms with E-state index in [1.54, 1.807) is 0 Å². The highest BCUT2D eigenvalue weighted by atomic mass is 79.9. The van der Waals surface area contributed by atoms with Gasteiger partial charge in [-0.25, -0.2) is 0 Å². The van der Waals surface area contributed by atoms with Crippen LogP contribution in [0.3, 0.4) is 0 Å². The molecule has 1 N–H and O–H groups in total. The summed E-state index contributed by atoms with van der Waals surface area (Å²) in [5, 5.41) is 8.41. The minimum absolute atomic E-state index is 0.481. The summed E-state index contributed by atoms with van der Waals surface area (Å²) in [6, 6.07) is 8.10. The molecule has 6 heteroatoms. The summed E-state index contributed by atoms with van der Waals surface area (Å²) in [6.45, 7) is 4.12. The summed E-state index contributed by atoms with van der Waals surface area (Å²) in [7, 11) is 0. The average molecular weight is 342 g/mol. The largest absolute Gasteiger partial charge is 0.374 e. The Labute approximate surface area is 125 Å². The molecule has 0 unspecified atom stereocenters. The van der Waals surface area contributed by atoms with Gasteiger partial charge >= 0.3 is 0 Å². The van der Waals surface area contributed by atoms with Crippen LogP contribution in [-0.2, 0) is 18.0 Å². The highest BCUT2D eigenvalue weighted by molar-refractivity contribution is 9.10. The normalized spacial score (nSPS) is 10.6. The van der Waals surface area contributed by atoms with Gasteiger partial charge in [-0.3, -0.25) is 0 Å². The van der Waals surface area contributed by atoms with Crippen molar-refractivity contribution in [2.75, 3.05) is 11.9 Å². The number of aromatic nitrogens is 2. The van der Waals surface area contributed by atoms with Crippen LogP contribution in [0.5, 0.6) is 0 Å². The molecular weight excluding hydrogens is 326 g/mol. The van der Waals surface area contributed by atoms with Crippen LogP contribution in [0.25, 0.3) is 0 Å². The zero-order chi connectivity index (χ0) is 13.5. The van der Waals surface area contributed by atoms with Gasteiger partial charge in [-0.15, -0.1) is 5.10 Å². The Morgan fingerprint density at radius 1 is 1.37 bits per heavy atom. The second kappa shape index (κ2) is 7.57. The predicted octanol–water partition coefficient (Wildman–Crippen LogP) is 3.84. The molecule has 0 aliphatic heterocycles. The fourth-order valence-electron chi connectivity index (χ4n) is 1.57. The molecule has 2 rings (SSSR count). The van der Waals surface area contributed by atoms with E-state index in [1.807, 2.05) is 18.2 Å². The molecule has 2 aromatic rings. The number of hydrogen-bond acceptors (Lipinski definition) is 5. The summed E-state index contributed by atoms with van der Waals surface area (Å²) in [5.41, 5.74) is 2.02. The summed E-state index contributed by atoms with van der Waals surface area (Å²) >= 11 is 4.83. The van der Waals surface area contributed by atoms with Gasteiger partial charge in [-0.2, -0.15) is 0 Å². The van der Waals surface area contributed by atoms with Crippen molar-refractivity contribution in [3.8, 4) is 0 Å². The van der Waals surface area contributed by atoms with Gasteiger partial charge in [0.2, 0.25) is 0 Å². The fraction of sp³-hybridized carbons (Fsp3) is 0.385. The molecule has 1 aromatic carbocycles. The van der Waals surface area contributed by atoms with Crippen molar-refractivity contribution >= 4 is 32.5 Å². The lowest BCUT2D eigenvalue weighted by molar-refractivity contribution is 0.105. The van der Waals surface area contributed by atoms with Crippen molar-refractivity contribution in [1.29, 1.82) is 0 Å². The first-order valence-electron chi connectivity index (χ1n) is 6.17. The van der Waals surface area contributed by atoms with Crippen LogP contribution >= 0.6 is 27.5 Å². The van der Waals surface area contributed by atoms with E-state index >= 15 is 0 Å². The quantitative estimate of drug-likeness (QED) is 0.831. The highest BCUT2D eigenvalue weighted by Crippen LogP contribution is 2.19. The monoisotopic (exact) mass is 341 g/mol. The molecule has 19 heavy (non-hydrogen) atoms. The van der Waals surface area contributed by atoms with Crippen LogP contribution in [-0.4, -0.2) is 16.1 Å². The van der Waals surface area contributed by atoms with E-state index in [0.717, 1.165) is 33.7 Å². The van der Waals surface area contributed by atoms with Gasteiger partial charge in [-0.1, -0.05) is 39.5 Å². The molecule has 1 heterocycles. The summed E-state index contributed by atoms with van der Waals surface area (Å²) in [4.78, 5) is 0. The number of hydrogen-bond donors (Lipinski definition) is 1. The highest BCUT2D eigenvalue weighted by Gasteiger charge is 2.07. The molecule has 0 bridgehead atoms. The van der Waals surface area contributed by atoms with Gasteiger partial charge in [-0.05, 0) is 24.1 Å². The van der Waals surface area contributed by atoms with Gasteiger partial charge in [0.1, 0.15) is 10.7 Å². The third kappa shape index (κ3) is 4.56. The standard InChI is InChI=1S/C13H16BrN3OS/c1-2-6-15-13-12(16-17-19-13)9-18-8-10-4-3-5-11(14)7-10/h3-5,7,15H,2,6,8-9H2,1H3. The van der Waals surface area contributed by atoms with Crippen LogP contribution in [0.15, 0.2) is 28.7 Å². The van der Waals surface area contributed by atoms with Crippen molar-refractivity contribution in [2.24, 2.45) is 0 Å². The molecule has 0 saturated heterocycles. The lowest BCUT2D eigenvalue weighted by atomic mass is 10.2. The van der Waals surface area contributed by atoms with Crippen LogP contribution in [0.2, 0.25) is 0 Å².